The number of methoxy groups -OCH3 is 1. The van der Waals surface area contributed by atoms with Gasteiger partial charge in [0.15, 0.2) is 9.84 Å². The van der Waals surface area contributed by atoms with Crippen molar-refractivity contribution in [2.75, 3.05) is 31.4 Å². The summed E-state index contributed by atoms with van der Waals surface area (Å²) in [5.41, 5.74) is 0.660. The number of nitrogens with zero attached hydrogens (tertiary/aromatic N) is 1. The Morgan fingerprint density at radius 3 is 2.55 bits per heavy atom. The van der Waals surface area contributed by atoms with Gasteiger partial charge >= 0.3 is 5.97 Å². The average molecular weight is 297 g/mol. The summed E-state index contributed by atoms with van der Waals surface area (Å²) in [4.78, 5) is 14.0. The van der Waals surface area contributed by atoms with Crippen LogP contribution >= 0.6 is 0 Å². The van der Waals surface area contributed by atoms with Gasteiger partial charge in [0.2, 0.25) is 0 Å². The molecular formula is C14H19NO4S. The summed E-state index contributed by atoms with van der Waals surface area (Å²) in [7, 11) is -1.91. The number of hydrogen-bond donors (Lipinski definition) is 0. The van der Waals surface area contributed by atoms with Crippen LogP contribution in [0.2, 0.25) is 0 Å². The second-order valence-corrected chi connectivity index (χ2v) is 7.24. The van der Waals surface area contributed by atoms with E-state index in [0.717, 1.165) is 0 Å². The lowest BCUT2D eigenvalue weighted by Crippen LogP contribution is -2.25. The van der Waals surface area contributed by atoms with Gasteiger partial charge in [0.1, 0.15) is 0 Å². The molecule has 1 aliphatic heterocycles. The molecule has 110 valence electrons. The normalized spacial score (nSPS) is 22.9. The number of ether oxygens (including phenoxy) is 1. The molecule has 0 aliphatic carbocycles. The number of esters is 1. The van der Waals surface area contributed by atoms with E-state index in [9.17, 15) is 13.2 Å². The highest BCUT2D eigenvalue weighted by Gasteiger charge is 2.36. The van der Waals surface area contributed by atoms with Crippen molar-refractivity contribution in [3.8, 4) is 0 Å². The minimum atomic E-state index is -3.29. The summed E-state index contributed by atoms with van der Waals surface area (Å²) in [6, 6.07) is 6.89. The lowest BCUT2D eigenvalue weighted by Gasteiger charge is -2.21. The monoisotopic (exact) mass is 297 g/mol. The molecule has 0 aromatic heterocycles. The molecule has 0 radical (unpaired) electrons. The number of anilines is 1. The van der Waals surface area contributed by atoms with Crippen molar-refractivity contribution in [2.45, 2.75) is 11.8 Å². The van der Waals surface area contributed by atoms with Crippen molar-refractivity contribution in [3.63, 3.8) is 0 Å². The highest BCUT2D eigenvalue weighted by Crippen LogP contribution is 2.32. The van der Waals surface area contributed by atoms with Crippen LogP contribution in [0.1, 0.15) is 6.92 Å². The quantitative estimate of drug-likeness (QED) is 0.788. The smallest absolute Gasteiger partial charge is 0.310 e. The van der Waals surface area contributed by atoms with Crippen LogP contribution in [0, 0.1) is 11.8 Å². The third-order valence-electron chi connectivity index (χ3n) is 3.72. The first-order valence-electron chi connectivity index (χ1n) is 6.46. The first-order chi connectivity index (χ1) is 9.34. The fraction of sp³-hybridized carbons (Fsp3) is 0.500. The molecule has 2 unspecified atom stereocenters. The summed E-state index contributed by atoms with van der Waals surface area (Å²) < 4.78 is 28.5. The molecule has 0 bridgehead atoms. The van der Waals surface area contributed by atoms with Crippen LogP contribution in [0.4, 0.5) is 5.69 Å². The largest absolute Gasteiger partial charge is 0.469 e. The third-order valence-corrected chi connectivity index (χ3v) is 4.87. The van der Waals surface area contributed by atoms with E-state index in [0.29, 0.717) is 23.7 Å². The van der Waals surface area contributed by atoms with Gasteiger partial charge in [-0.25, -0.2) is 8.42 Å². The van der Waals surface area contributed by atoms with Gasteiger partial charge in [0.25, 0.3) is 0 Å². The average Bonchev–Trinajstić information content (AvgIpc) is 2.79. The third kappa shape index (κ3) is 2.80. The van der Waals surface area contributed by atoms with Gasteiger partial charge in [-0.15, -0.1) is 0 Å². The van der Waals surface area contributed by atoms with Crippen LogP contribution in [-0.2, 0) is 19.4 Å². The zero-order valence-corrected chi connectivity index (χ0v) is 12.7. The van der Waals surface area contributed by atoms with Crippen molar-refractivity contribution in [1.29, 1.82) is 0 Å². The minimum Gasteiger partial charge on any atom is -0.469 e. The Morgan fingerprint density at radius 1 is 1.30 bits per heavy atom. The molecule has 1 saturated heterocycles. The van der Waals surface area contributed by atoms with Gasteiger partial charge < -0.3 is 9.64 Å². The van der Waals surface area contributed by atoms with E-state index in [-0.39, 0.29) is 17.8 Å². The van der Waals surface area contributed by atoms with E-state index in [2.05, 4.69) is 0 Å². The number of rotatable bonds is 3. The molecule has 0 spiro atoms. The van der Waals surface area contributed by atoms with Crippen LogP contribution in [0.15, 0.2) is 29.2 Å². The molecular weight excluding hydrogens is 278 g/mol. The van der Waals surface area contributed by atoms with Crippen molar-refractivity contribution >= 4 is 21.5 Å². The van der Waals surface area contributed by atoms with E-state index in [1.54, 1.807) is 24.3 Å². The zero-order valence-electron chi connectivity index (χ0n) is 11.9. The van der Waals surface area contributed by atoms with Gasteiger partial charge in [-0.3, -0.25) is 4.79 Å². The first kappa shape index (κ1) is 14.8. The Kier molecular flexibility index (Phi) is 4.04. The van der Waals surface area contributed by atoms with Crippen molar-refractivity contribution < 1.29 is 17.9 Å². The van der Waals surface area contributed by atoms with E-state index in [1.807, 2.05) is 11.8 Å². The van der Waals surface area contributed by atoms with E-state index in [1.165, 1.54) is 13.4 Å². The molecule has 1 aromatic carbocycles. The molecule has 1 aromatic rings. The molecule has 0 saturated carbocycles. The lowest BCUT2D eigenvalue weighted by atomic mass is 9.99. The summed E-state index contributed by atoms with van der Waals surface area (Å²) in [6.07, 6.45) is 1.20. The van der Waals surface area contributed by atoms with Crippen LogP contribution < -0.4 is 4.90 Å². The van der Waals surface area contributed by atoms with Gasteiger partial charge in [-0.05, 0) is 18.1 Å². The molecule has 1 aliphatic rings. The van der Waals surface area contributed by atoms with Crippen LogP contribution in [0.25, 0.3) is 0 Å². The fourth-order valence-electron chi connectivity index (χ4n) is 2.65. The van der Waals surface area contributed by atoms with Gasteiger partial charge in [-0.2, -0.15) is 0 Å². The SMILES string of the molecule is COC(=O)C1CN(c2ccccc2S(C)(=O)=O)CC1C. The lowest BCUT2D eigenvalue weighted by molar-refractivity contribution is -0.145. The number of benzene rings is 1. The molecule has 1 fully saturated rings. The van der Waals surface area contributed by atoms with Crippen LogP contribution in [0.3, 0.4) is 0 Å². The summed E-state index contributed by atoms with van der Waals surface area (Å²) in [5, 5.41) is 0. The summed E-state index contributed by atoms with van der Waals surface area (Å²) in [5.74, 6) is -0.320. The second kappa shape index (κ2) is 5.44. The predicted octanol–water partition coefficient (Wildman–Crippen LogP) is 1.34. The molecule has 1 heterocycles. The Hall–Kier alpha value is -1.56. The predicted molar refractivity (Wildman–Crippen MR) is 76.4 cm³/mol. The maximum Gasteiger partial charge on any atom is 0.310 e. The topological polar surface area (TPSA) is 63.7 Å². The Balaban J connectivity index is 2.33. The molecule has 5 nitrogen and oxygen atoms in total. The van der Waals surface area contributed by atoms with Crippen LogP contribution in [-0.4, -0.2) is 40.8 Å². The highest BCUT2D eigenvalue weighted by molar-refractivity contribution is 7.90. The minimum absolute atomic E-state index is 0.134. The Labute approximate surface area is 119 Å². The Morgan fingerprint density at radius 2 is 1.95 bits per heavy atom. The molecule has 2 rings (SSSR count). The highest BCUT2D eigenvalue weighted by atomic mass is 32.2. The summed E-state index contributed by atoms with van der Waals surface area (Å²) >= 11 is 0. The van der Waals surface area contributed by atoms with E-state index < -0.39 is 9.84 Å². The Bertz CT molecular complexity index is 611. The van der Waals surface area contributed by atoms with Crippen LogP contribution in [0.5, 0.6) is 0 Å². The maximum atomic E-state index is 11.8. The van der Waals surface area contributed by atoms with Gasteiger partial charge in [-0.1, -0.05) is 19.1 Å². The van der Waals surface area contributed by atoms with E-state index >= 15 is 0 Å². The van der Waals surface area contributed by atoms with Gasteiger partial charge in [0, 0.05) is 19.3 Å². The summed E-state index contributed by atoms with van der Waals surface area (Å²) in [6.45, 7) is 3.11. The van der Waals surface area contributed by atoms with Crippen molar-refractivity contribution in [3.05, 3.63) is 24.3 Å². The second-order valence-electron chi connectivity index (χ2n) is 5.25. The number of sulfone groups is 1. The van der Waals surface area contributed by atoms with Crippen molar-refractivity contribution in [1.82, 2.24) is 0 Å². The van der Waals surface area contributed by atoms with Crippen molar-refractivity contribution in [2.24, 2.45) is 11.8 Å². The standard InChI is InChI=1S/C14H19NO4S/c1-10-8-15(9-11(10)14(16)19-2)12-6-4-5-7-13(12)20(3,17)18/h4-7,10-11H,8-9H2,1-3H3. The van der Waals surface area contributed by atoms with Gasteiger partial charge in [0.05, 0.1) is 23.6 Å². The number of hydrogen-bond acceptors (Lipinski definition) is 5. The molecule has 0 N–H and O–H groups in total. The number of para-hydroxylation sites is 1. The number of carbonyl (C=O) groups excluding carboxylic acids is 1. The van der Waals surface area contributed by atoms with E-state index in [4.69, 9.17) is 4.74 Å². The molecule has 6 heteroatoms. The first-order valence-corrected chi connectivity index (χ1v) is 8.35. The maximum absolute atomic E-state index is 11.8. The molecule has 2 atom stereocenters. The number of carbonyl (C=O) groups is 1. The molecule has 20 heavy (non-hydrogen) atoms. The zero-order chi connectivity index (χ0) is 14.9. The fourth-order valence-corrected chi connectivity index (χ4v) is 3.56. The molecule has 0 amide bonds.